The normalized spacial score (nSPS) is 24.5. The van der Waals surface area contributed by atoms with Crippen LogP contribution in [0.3, 0.4) is 0 Å². The molecule has 26 heavy (non-hydrogen) atoms. The van der Waals surface area contributed by atoms with Gasteiger partial charge in [0.15, 0.2) is 12.3 Å². The monoisotopic (exact) mass is 358 g/mol. The number of oxazole rings is 1. The summed E-state index contributed by atoms with van der Waals surface area (Å²) in [5.41, 5.74) is 0.298. The molecule has 0 spiro atoms. The number of rotatable bonds is 5. The molecule has 138 valence electrons. The van der Waals surface area contributed by atoms with E-state index in [0.717, 1.165) is 18.6 Å². The van der Waals surface area contributed by atoms with Gasteiger partial charge in [0.2, 0.25) is 5.89 Å². The van der Waals surface area contributed by atoms with E-state index < -0.39 is 0 Å². The maximum absolute atomic E-state index is 12.8. The van der Waals surface area contributed by atoms with Gasteiger partial charge in [0.25, 0.3) is 5.91 Å². The van der Waals surface area contributed by atoms with Crippen molar-refractivity contribution in [1.82, 2.24) is 9.88 Å². The number of carbonyl (C=O) groups is 1. The van der Waals surface area contributed by atoms with Gasteiger partial charge in [0.1, 0.15) is 17.8 Å². The average molecular weight is 358 g/mol. The molecule has 1 unspecified atom stereocenters. The molecular formula is C19H22N2O5. The molecule has 7 nitrogen and oxygen atoms in total. The van der Waals surface area contributed by atoms with E-state index in [-0.39, 0.29) is 30.7 Å². The van der Waals surface area contributed by atoms with Crippen LogP contribution in [0.2, 0.25) is 0 Å². The second kappa shape index (κ2) is 6.99. The summed E-state index contributed by atoms with van der Waals surface area (Å²) in [4.78, 5) is 18.9. The summed E-state index contributed by atoms with van der Waals surface area (Å²) in [7, 11) is 1.61. The third-order valence-corrected chi connectivity index (χ3v) is 5.14. The summed E-state index contributed by atoms with van der Waals surface area (Å²) in [5.74, 6) is 1.65. The number of amides is 1. The largest absolute Gasteiger partial charge is 0.497 e. The van der Waals surface area contributed by atoms with Gasteiger partial charge in [-0.15, -0.1) is 0 Å². The van der Waals surface area contributed by atoms with Gasteiger partial charge in [0.05, 0.1) is 13.2 Å². The predicted octanol–water partition coefficient (Wildman–Crippen LogP) is 2.39. The highest BCUT2D eigenvalue weighted by Gasteiger charge is 2.43. The van der Waals surface area contributed by atoms with E-state index in [4.69, 9.17) is 13.9 Å². The lowest BCUT2D eigenvalue weighted by atomic mass is 9.99. The molecule has 7 heteroatoms. The molecule has 4 rings (SSSR count). The summed E-state index contributed by atoms with van der Waals surface area (Å²) in [5, 5.41) is 9.88. The maximum Gasteiger partial charge on any atom is 0.276 e. The van der Waals surface area contributed by atoms with Gasteiger partial charge in [0, 0.05) is 12.1 Å². The molecule has 3 heterocycles. The van der Waals surface area contributed by atoms with Crippen LogP contribution >= 0.6 is 0 Å². The number of benzene rings is 1. The molecule has 2 aromatic rings. The van der Waals surface area contributed by atoms with Crippen LogP contribution in [0.15, 0.2) is 34.9 Å². The van der Waals surface area contributed by atoms with Crippen molar-refractivity contribution in [2.75, 3.05) is 7.11 Å². The van der Waals surface area contributed by atoms with Crippen LogP contribution < -0.4 is 9.47 Å². The van der Waals surface area contributed by atoms with Gasteiger partial charge < -0.3 is 23.9 Å². The third-order valence-electron chi connectivity index (χ3n) is 5.14. The number of aliphatic hydroxyl groups is 1. The lowest BCUT2D eigenvalue weighted by molar-refractivity contribution is 0.0282. The quantitative estimate of drug-likeness (QED) is 0.883. The molecule has 2 aliphatic rings. The van der Waals surface area contributed by atoms with Gasteiger partial charge in [-0.25, -0.2) is 4.98 Å². The Balaban J connectivity index is 1.39. The van der Waals surface area contributed by atoms with Crippen molar-refractivity contribution in [2.45, 2.75) is 50.5 Å². The van der Waals surface area contributed by atoms with Gasteiger partial charge in [-0.3, -0.25) is 4.79 Å². The zero-order valence-electron chi connectivity index (χ0n) is 14.6. The van der Waals surface area contributed by atoms with Crippen molar-refractivity contribution in [3.8, 4) is 11.5 Å². The number of fused-ring (bicyclic) bond motifs is 2. The SMILES string of the molecule is COc1ccc(OCc2nc(C(=O)N3[C@@H]4CC[C@H]3CC(O)C4)co2)cc1. The minimum Gasteiger partial charge on any atom is -0.497 e. The number of aliphatic hydroxyl groups excluding tert-OH is 1. The predicted molar refractivity (Wildman–Crippen MR) is 92.0 cm³/mol. The summed E-state index contributed by atoms with van der Waals surface area (Å²) in [6, 6.07) is 7.41. The van der Waals surface area contributed by atoms with Crippen LogP contribution in [-0.2, 0) is 6.61 Å². The molecule has 0 saturated carbocycles. The number of nitrogens with zero attached hydrogens (tertiary/aromatic N) is 2. The smallest absolute Gasteiger partial charge is 0.276 e. The van der Waals surface area contributed by atoms with Crippen LogP contribution in [0.25, 0.3) is 0 Å². The molecule has 1 aromatic carbocycles. The van der Waals surface area contributed by atoms with Gasteiger partial charge in [-0.2, -0.15) is 0 Å². The standard InChI is InChI=1S/C19H22N2O5/c1-24-15-4-6-16(7-5-15)25-11-18-20-17(10-26-18)19(23)21-12-2-3-13(21)9-14(22)8-12/h4-7,10,12-14,22H,2-3,8-9,11H2,1H3/t12-,13+,14?. The molecule has 1 aromatic heterocycles. The van der Waals surface area contributed by atoms with Crippen LogP contribution in [0.4, 0.5) is 0 Å². The molecule has 2 aliphatic heterocycles. The van der Waals surface area contributed by atoms with E-state index in [1.807, 2.05) is 4.90 Å². The second-order valence-corrected chi connectivity index (χ2v) is 6.81. The fourth-order valence-corrected chi connectivity index (χ4v) is 3.90. The zero-order chi connectivity index (χ0) is 18.1. The topological polar surface area (TPSA) is 85.0 Å². The molecule has 1 N–H and O–H groups in total. The highest BCUT2D eigenvalue weighted by Crippen LogP contribution is 2.36. The molecule has 2 fully saturated rings. The first-order chi connectivity index (χ1) is 12.6. The Morgan fingerprint density at radius 2 is 1.88 bits per heavy atom. The van der Waals surface area contributed by atoms with Crippen LogP contribution in [0.1, 0.15) is 42.1 Å². The lowest BCUT2D eigenvalue weighted by Gasteiger charge is -2.36. The molecular weight excluding hydrogens is 336 g/mol. The number of aromatic nitrogens is 1. The van der Waals surface area contributed by atoms with Crippen molar-refractivity contribution in [3.63, 3.8) is 0 Å². The number of ether oxygens (including phenoxy) is 2. The summed E-state index contributed by atoms with van der Waals surface area (Å²) in [6.07, 6.45) is 4.26. The fraction of sp³-hybridized carbons (Fsp3) is 0.474. The Hall–Kier alpha value is -2.54. The molecule has 2 bridgehead atoms. The van der Waals surface area contributed by atoms with Crippen molar-refractivity contribution in [3.05, 3.63) is 42.1 Å². The van der Waals surface area contributed by atoms with Crippen LogP contribution in [0.5, 0.6) is 11.5 Å². The minimum atomic E-state index is -0.303. The Labute approximate surface area is 151 Å². The lowest BCUT2D eigenvalue weighted by Crippen LogP contribution is -2.48. The Bertz CT molecular complexity index is 758. The number of methoxy groups -OCH3 is 1. The Kier molecular flexibility index (Phi) is 4.55. The second-order valence-electron chi connectivity index (χ2n) is 6.81. The summed E-state index contributed by atoms with van der Waals surface area (Å²) >= 11 is 0. The van der Waals surface area contributed by atoms with Crippen molar-refractivity contribution in [2.24, 2.45) is 0 Å². The molecule has 3 atom stereocenters. The molecule has 0 radical (unpaired) electrons. The molecule has 2 saturated heterocycles. The van der Waals surface area contributed by atoms with Crippen molar-refractivity contribution in [1.29, 1.82) is 0 Å². The molecule has 1 amide bonds. The minimum absolute atomic E-state index is 0.104. The van der Waals surface area contributed by atoms with Gasteiger partial charge in [-0.05, 0) is 49.9 Å². The molecule has 0 aliphatic carbocycles. The van der Waals surface area contributed by atoms with Crippen molar-refractivity contribution >= 4 is 5.91 Å². The van der Waals surface area contributed by atoms with E-state index in [2.05, 4.69) is 4.98 Å². The van der Waals surface area contributed by atoms with E-state index >= 15 is 0 Å². The highest BCUT2D eigenvalue weighted by molar-refractivity contribution is 5.92. The van der Waals surface area contributed by atoms with E-state index in [0.29, 0.717) is 30.2 Å². The summed E-state index contributed by atoms with van der Waals surface area (Å²) in [6.45, 7) is 0.144. The Morgan fingerprint density at radius 3 is 2.54 bits per heavy atom. The Morgan fingerprint density at radius 1 is 1.23 bits per heavy atom. The first-order valence-electron chi connectivity index (χ1n) is 8.86. The number of hydrogen-bond acceptors (Lipinski definition) is 6. The van der Waals surface area contributed by atoms with E-state index in [9.17, 15) is 9.90 Å². The summed E-state index contributed by atoms with van der Waals surface area (Å²) < 4.78 is 16.1. The fourth-order valence-electron chi connectivity index (χ4n) is 3.90. The van der Waals surface area contributed by atoms with Crippen molar-refractivity contribution < 1.29 is 23.8 Å². The number of hydrogen-bond donors (Lipinski definition) is 1. The number of carbonyl (C=O) groups excluding carboxylic acids is 1. The average Bonchev–Trinajstić information content (AvgIpc) is 3.23. The van der Waals surface area contributed by atoms with Gasteiger partial charge in [-0.1, -0.05) is 0 Å². The van der Waals surface area contributed by atoms with E-state index in [1.54, 1.807) is 31.4 Å². The zero-order valence-corrected chi connectivity index (χ0v) is 14.6. The third kappa shape index (κ3) is 3.26. The first kappa shape index (κ1) is 16.9. The highest BCUT2D eigenvalue weighted by atomic mass is 16.5. The van der Waals surface area contributed by atoms with Gasteiger partial charge >= 0.3 is 0 Å². The van der Waals surface area contributed by atoms with Crippen LogP contribution in [-0.4, -0.2) is 46.2 Å². The van der Waals surface area contributed by atoms with E-state index in [1.165, 1.54) is 6.26 Å². The number of piperidine rings is 1. The maximum atomic E-state index is 12.8. The van der Waals surface area contributed by atoms with Crippen LogP contribution in [0, 0.1) is 0 Å². The first-order valence-corrected chi connectivity index (χ1v) is 8.86.